The van der Waals surface area contributed by atoms with Gasteiger partial charge in [0, 0.05) is 19.7 Å². The Hall–Kier alpha value is -0.120. The summed E-state index contributed by atoms with van der Waals surface area (Å²) in [7, 11) is 10.0. The second-order valence-electron chi connectivity index (χ2n) is 3.34. The summed E-state index contributed by atoms with van der Waals surface area (Å²) in [5.41, 5.74) is 0. The Bertz CT molecular complexity index is 94.1. The second-order valence-corrected chi connectivity index (χ2v) is 3.34. The maximum atomic E-state index is 5.10. The van der Waals surface area contributed by atoms with Gasteiger partial charge in [-0.3, -0.25) is 0 Å². The number of likely N-dealkylation sites (N-methyl/N-ethyl adjacent to an activating group) is 2. The van der Waals surface area contributed by atoms with Crippen molar-refractivity contribution in [2.45, 2.75) is 6.04 Å². The zero-order chi connectivity index (χ0) is 8.85. The molecule has 68 valence electrons. The number of hydrogen-bond donors (Lipinski definition) is 0. The Morgan fingerprint density at radius 2 is 1.73 bits per heavy atom. The Balaban J connectivity index is 3.69. The molecule has 0 spiro atoms. The minimum absolute atomic E-state index is 0.495. The van der Waals surface area contributed by atoms with Gasteiger partial charge in [0.1, 0.15) is 0 Å². The van der Waals surface area contributed by atoms with Gasteiger partial charge in [-0.25, -0.2) is 0 Å². The van der Waals surface area contributed by atoms with E-state index in [9.17, 15) is 0 Å². The van der Waals surface area contributed by atoms with Crippen LogP contribution in [0.3, 0.4) is 0 Å². The topological polar surface area (TPSA) is 15.7 Å². The summed E-state index contributed by atoms with van der Waals surface area (Å²) >= 11 is 0. The van der Waals surface area contributed by atoms with Crippen LogP contribution in [0.25, 0.3) is 0 Å². The van der Waals surface area contributed by atoms with Crippen LogP contribution in [0, 0.1) is 0 Å². The molecule has 1 unspecified atom stereocenters. The number of ether oxygens (including phenoxy) is 1. The van der Waals surface area contributed by atoms with Gasteiger partial charge in [-0.2, -0.15) is 0 Å². The summed E-state index contributed by atoms with van der Waals surface area (Å²) in [5, 5.41) is 0. The molecule has 0 heterocycles. The Morgan fingerprint density at radius 3 is 2.00 bits per heavy atom. The summed E-state index contributed by atoms with van der Waals surface area (Å²) in [6.07, 6.45) is 0. The molecule has 0 rings (SSSR count). The van der Waals surface area contributed by atoms with Gasteiger partial charge in [0.15, 0.2) is 0 Å². The highest BCUT2D eigenvalue weighted by Crippen LogP contribution is 1.95. The zero-order valence-electron chi connectivity index (χ0n) is 8.29. The molecule has 0 N–H and O–H groups in total. The van der Waals surface area contributed by atoms with Crippen molar-refractivity contribution in [2.24, 2.45) is 0 Å². The molecular weight excluding hydrogens is 140 g/mol. The van der Waals surface area contributed by atoms with Crippen LogP contribution in [0.5, 0.6) is 0 Å². The molecule has 0 radical (unpaired) electrons. The maximum absolute atomic E-state index is 5.10. The van der Waals surface area contributed by atoms with Crippen LogP contribution in [0.2, 0.25) is 0 Å². The van der Waals surface area contributed by atoms with Crippen LogP contribution >= 0.6 is 0 Å². The first kappa shape index (κ1) is 10.9. The second kappa shape index (κ2) is 5.52. The highest BCUT2D eigenvalue weighted by atomic mass is 16.5. The Morgan fingerprint density at radius 1 is 1.18 bits per heavy atom. The van der Waals surface area contributed by atoms with Gasteiger partial charge in [0.2, 0.25) is 0 Å². The van der Waals surface area contributed by atoms with E-state index in [-0.39, 0.29) is 0 Å². The average molecular weight is 160 g/mol. The molecule has 0 aromatic carbocycles. The molecule has 0 fully saturated rings. The van der Waals surface area contributed by atoms with Gasteiger partial charge in [-0.1, -0.05) is 0 Å². The van der Waals surface area contributed by atoms with Crippen molar-refractivity contribution in [3.05, 3.63) is 0 Å². The minimum Gasteiger partial charge on any atom is -0.383 e. The molecule has 0 aliphatic rings. The normalized spacial score (nSPS) is 14.5. The van der Waals surface area contributed by atoms with Crippen LogP contribution in [-0.2, 0) is 4.74 Å². The average Bonchev–Trinajstić information content (AvgIpc) is 1.86. The summed E-state index contributed by atoms with van der Waals surface area (Å²) in [6.45, 7) is 1.84. The number of methoxy groups -OCH3 is 1. The van der Waals surface area contributed by atoms with E-state index in [1.165, 1.54) is 0 Å². The molecule has 0 saturated carbocycles. The smallest absolute Gasteiger partial charge is 0.0630 e. The van der Waals surface area contributed by atoms with Crippen molar-refractivity contribution in [3.8, 4) is 0 Å². The van der Waals surface area contributed by atoms with Crippen molar-refractivity contribution in [3.63, 3.8) is 0 Å². The highest BCUT2D eigenvalue weighted by Gasteiger charge is 2.10. The van der Waals surface area contributed by atoms with E-state index < -0.39 is 0 Å². The van der Waals surface area contributed by atoms with E-state index >= 15 is 0 Å². The van der Waals surface area contributed by atoms with Gasteiger partial charge < -0.3 is 14.5 Å². The van der Waals surface area contributed by atoms with Gasteiger partial charge >= 0.3 is 0 Å². The Labute approximate surface area is 69.9 Å². The van der Waals surface area contributed by atoms with Crippen LogP contribution in [0.1, 0.15) is 0 Å². The SMILES string of the molecule is COCC(CN(C)C)N(C)C. The predicted octanol–water partition coefficient (Wildman–Crippen LogP) is 0.125. The molecule has 0 bridgehead atoms. The fraction of sp³-hybridized carbons (Fsp3) is 1.00. The van der Waals surface area contributed by atoms with Crippen molar-refractivity contribution in [2.75, 3.05) is 48.5 Å². The molecule has 11 heavy (non-hydrogen) atoms. The predicted molar refractivity (Wildman–Crippen MR) is 47.9 cm³/mol. The first-order chi connectivity index (χ1) is 5.07. The summed E-state index contributed by atoms with van der Waals surface area (Å²) in [5.74, 6) is 0. The van der Waals surface area contributed by atoms with E-state index in [1.54, 1.807) is 7.11 Å². The number of rotatable bonds is 5. The van der Waals surface area contributed by atoms with E-state index in [4.69, 9.17) is 4.74 Å². The third-order valence-electron chi connectivity index (χ3n) is 1.67. The molecule has 0 aliphatic carbocycles. The molecule has 3 heteroatoms. The first-order valence-electron chi connectivity index (χ1n) is 3.88. The first-order valence-corrected chi connectivity index (χ1v) is 3.88. The van der Waals surface area contributed by atoms with Crippen molar-refractivity contribution < 1.29 is 4.74 Å². The molecule has 0 saturated heterocycles. The van der Waals surface area contributed by atoms with Crippen LogP contribution in [-0.4, -0.2) is 64.3 Å². The quantitative estimate of drug-likeness (QED) is 0.568. The van der Waals surface area contributed by atoms with Gasteiger partial charge in [0.05, 0.1) is 6.61 Å². The maximum Gasteiger partial charge on any atom is 0.0630 e. The molecule has 0 amide bonds. The van der Waals surface area contributed by atoms with E-state index in [0.717, 1.165) is 13.2 Å². The molecular formula is C8H20N2O. The van der Waals surface area contributed by atoms with Crippen molar-refractivity contribution in [1.82, 2.24) is 9.80 Å². The molecule has 0 aromatic heterocycles. The third-order valence-corrected chi connectivity index (χ3v) is 1.67. The van der Waals surface area contributed by atoms with E-state index in [0.29, 0.717) is 6.04 Å². The van der Waals surface area contributed by atoms with E-state index in [1.807, 2.05) is 0 Å². The van der Waals surface area contributed by atoms with Crippen molar-refractivity contribution in [1.29, 1.82) is 0 Å². The minimum atomic E-state index is 0.495. The molecule has 0 aliphatic heterocycles. The number of nitrogens with zero attached hydrogens (tertiary/aromatic N) is 2. The highest BCUT2D eigenvalue weighted by molar-refractivity contribution is 4.67. The number of hydrogen-bond acceptors (Lipinski definition) is 3. The standard InChI is InChI=1S/C8H20N2O/c1-9(2)6-8(7-11-5)10(3)4/h8H,6-7H2,1-5H3. The molecule has 0 aromatic rings. The lowest BCUT2D eigenvalue weighted by molar-refractivity contribution is 0.103. The summed E-state index contributed by atoms with van der Waals surface area (Å²) in [6, 6.07) is 0.495. The van der Waals surface area contributed by atoms with Crippen LogP contribution in [0.15, 0.2) is 0 Å². The lowest BCUT2D eigenvalue weighted by Crippen LogP contribution is -2.40. The lowest BCUT2D eigenvalue weighted by atomic mass is 10.3. The van der Waals surface area contributed by atoms with E-state index in [2.05, 4.69) is 38.0 Å². The lowest BCUT2D eigenvalue weighted by Gasteiger charge is -2.26. The van der Waals surface area contributed by atoms with Gasteiger partial charge in [-0.05, 0) is 28.2 Å². The molecule has 1 atom stereocenters. The zero-order valence-corrected chi connectivity index (χ0v) is 8.29. The summed E-state index contributed by atoms with van der Waals surface area (Å²) < 4.78 is 5.10. The monoisotopic (exact) mass is 160 g/mol. The van der Waals surface area contributed by atoms with Gasteiger partial charge in [0.25, 0.3) is 0 Å². The van der Waals surface area contributed by atoms with Crippen molar-refractivity contribution >= 4 is 0 Å². The largest absolute Gasteiger partial charge is 0.383 e. The van der Waals surface area contributed by atoms with Crippen LogP contribution in [0.4, 0.5) is 0 Å². The fourth-order valence-electron chi connectivity index (χ4n) is 0.979. The molecule has 3 nitrogen and oxygen atoms in total. The Kier molecular flexibility index (Phi) is 5.46. The summed E-state index contributed by atoms with van der Waals surface area (Å²) in [4.78, 5) is 4.35. The van der Waals surface area contributed by atoms with Gasteiger partial charge in [-0.15, -0.1) is 0 Å². The van der Waals surface area contributed by atoms with Crippen LogP contribution < -0.4 is 0 Å². The fourth-order valence-corrected chi connectivity index (χ4v) is 0.979. The third kappa shape index (κ3) is 5.18.